The average molecular weight is 265 g/mol. The largest absolute Gasteiger partial charge is 0.389 e. The molecule has 0 saturated heterocycles. The van der Waals surface area contributed by atoms with Gasteiger partial charge in [-0.1, -0.05) is 13.8 Å². The van der Waals surface area contributed by atoms with E-state index in [1.54, 1.807) is 0 Å². The van der Waals surface area contributed by atoms with Gasteiger partial charge in [0.05, 0.1) is 0 Å². The lowest BCUT2D eigenvalue weighted by atomic mass is 9.81. The Morgan fingerprint density at radius 3 is 2.22 bits per heavy atom. The van der Waals surface area contributed by atoms with E-state index >= 15 is 0 Å². The first-order valence-electron chi connectivity index (χ1n) is 7.17. The Morgan fingerprint density at radius 2 is 1.72 bits per heavy atom. The minimum Gasteiger partial charge on any atom is -0.314 e. The van der Waals surface area contributed by atoms with Gasteiger partial charge in [-0.05, 0) is 56.9 Å². The summed E-state index contributed by atoms with van der Waals surface area (Å²) in [6, 6.07) is 0.446. The summed E-state index contributed by atoms with van der Waals surface area (Å²) in [6.07, 6.45) is 1.55. The molecule has 0 atom stereocenters. The molecule has 0 heterocycles. The molecule has 108 valence electrons. The van der Waals surface area contributed by atoms with Gasteiger partial charge in [0, 0.05) is 12.5 Å². The molecule has 1 aliphatic rings. The molecule has 1 nitrogen and oxygen atoms in total. The second-order valence-corrected chi connectivity index (χ2v) is 6.02. The molecular formula is C14H26F3N. The molecule has 1 saturated carbocycles. The summed E-state index contributed by atoms with van der Waals surface area (Å²) in [5.74, 6) is 1.59. The van der Waals surface area contributed by atoms with Crippen LogP contribution >= 0.6 is 0 Å². The fraction of sp³-hybridized carbons (Fsp3) is 1.00. The van der Waals surface area contributed by atoms with E-state index in [-0.39, 0.29) is 6.42 Å². The Kier molecular flexibility index (Phi) is 6.47. The summed E-state index contributed by atoms with van der Waals surface area (Å²) in [5, 5.41) is 3.27. The Hall–Kier alpha value is -0.250. The van der Waals surface area contributed by atoms with E-state index in [0.29, 0.717) is 12.6 Å². The topological polar surface area (TPSA) is 12.0 Å². The highest BCUT2D eigenvalue weighted by Crippen LogP contribution is 2.29. The Morgan fingerprint density at radius 1 is 1.11 bits per heavy atom. The van der Waals surface area contributed by atoms with Crippen LogP contribution in [0.4, 0.5) is 13.2 Å². The molecule has 0 bridgehead atoms. The van der Waals surface area contributed by atoms with Crippen LogP contribution in [-0.2, 0) is 0 Å². The van der Waals surface area contributed by atoms with Crippen molar-refractivity contribution in [3.63, 3.8) is 0 Å². The summed E-state index contributed by atoms with van der Waals surface area (Å²) in [6.45, 7) is 5.00. The monoisotopic (exact) mass is 265 g/mol. The van der Waals surface area contributed by atoms with E-state index in [2.05, 4.69) is 19.2 Å². The maximum atomic E-state index is 12.0. The Bertz CT molecular complexity index is 218. The van der Waals surface area contributed by atoms with Gasteiger partial charge in [0.1, 0.15) is 0 Å². The standard InChI is InChI=1S/C14H26F3N/c1-11(2)10-12-4-6-13(7-5-12)18-9-3-8-14(15,16)17/h11-13,18H,3-10H2,1-2H3. The van der Waals surface area contributed by atoms with Crippen molar-refractivity contribution in [3.8, 4) is 0 Å². The van der Waals surface area contributed by atoms with Gasteiger partial charge in [0.15, 0.2) is 0 Å². The zero-order valence-corrected chi connectivity index (χ0v) is 11.5. The summed E-state index contributed by atoms with van der Waals surface area (Å²) in [7, 11) is 0. The molecule has 0 spiro atoms. The predicted octanol–water partition coefficient (Wildman–Crippen LogP) is 4.52. The van der Waals surface area contributed by atoms with Crippen LogP contribution in [0.3, 0.4) is 0 Å². The minimum absolute atomic E-state index is 0.204. The van der Waals surface area contributed by atoms with Gasteiger partial charge < -0.3 is 5.32 Å². The third-order valence-electron chi connectivity index (χ3n) is 3.72. The molecular weight excluding hydrogens is 239 g/mol. The zero-order valence-electron chi connectivity index (χ0n) is 11.5. The highest BCUT2D eigenvalue weighted by Gasteiger charge is 2.26. The van der Waals surface area contributed by atoms with Crippen molar-refractivity contribution in [2.45, 2.75) is 71.0 Å². The van der Waals surface area contributed by atoms with E-state index in [1.165, 1.54) is 19.3 Å². The number of alkyl halides is 3. The third kappa shape index (κ3) is 7.24. The van der Waals surface area contributed by atoms with Crippen LogP contribution in [0, 0.1) is 11.8 Å². The second kappa shape index (κ2) is 7.37. The maximum Gasteiger partial charge on any atom is 0.389 e. The van der Waals surface area contributed by atoms with E-state index in [9.17, 15) is 13.2 Å². The quantitative estimate of drug-likeness (QED) is 0.696. The van der Waals surface area contributed by atoms with Crippen molar-refractivity contribution in [1.29, 1.82) is 0 Å². The minimum atomic E-state index is -4.00. The van der Waals surface area contributed by atoms with Crippen LogP contribution in [0.5, 0.6) is 0 Å². The van der Waals surface area contributed by atoms with Gasteiger partial charge in [-0.3, -0.25) is 0 Å². The van der Waals surface area contributed by atoms with Gasteiger partial charge in [-0.15, -0.1) is 0 Å². The first-order chi connectivity index (χ1) is 8.37. The zero-order chi connectivity index (χ0) is 13.6. The Labute approximate surface area is 109 Å². The van der Waals surface area contributed by atoms with Gasteiger partial charge in [0.25, 0.3) is 0 Å². The normalized spacial score (nSPS) is 25.7. The van der Waals surface area contributed by atoms with Crippen LogP contribution in [0.2, 0.25) is 0 Å². The molecule has 1 aliphatic carbocycles. The molecule has 1 fully saturated rings. The van der Waals surface area contributed by atoms with E-state index in [4.69, 9.17) is 0 Å². The van der Waals surface area contributed by atoms with Crippen LogP contribution in [0.25, 0.3) is 0 Å². The van der Waals surface area contributed by atoms with Crippen molar-refractivity contribution in [2.75, 3.05) is 6.54 Å². The average Bonchev–Trinajstić information content (AvgIpc) is 2.24. The predicted molar refractivity (Wildman–Crippen MR) is 68.5 cm³/mol. The van der Waals surface area contributed by atoms with E-state index in [0.717, 1.165) is 24.7 Å². The van der Waals surface area contributed by atoms with Crippen molar-refractivity contribution >= 4 is 0 Å². The van der Waals surface area contributed by atoms with Gasteiger partial charge in [-0.2, -0.15) is 13.2 Å². The summed E-state index contributed by atoms with van der Waals surface area (Å²) >= 11 is 0. The lowest BCUT2D eigenvalue weighted by Gasteiger charge is -2.30. The number of rotatable bonds is 6. The number of halogens is 3. The maximum absolute atomic E-state index is 12.0. The molecule has 0 aromatic rings. The van der Waals surface area contributed by atoms with Crippen LogP contribution in [0.15, 0.2) is 0 Å². The number of nitrogens with one attached hydrogen (secondary N) is 1. The molecule has 0 amide bonds. The second-order valence-electron chi connectivity index (χ2n) is 6.02. The van der Waals surface area contributed by atoms with Gasteiger partial charge in [0.2, 0.25) is 0 Å². The Balaban J connectivity index is 2.05. The fourth-order valence-electron chi connectivity index (χ4n) is 2.86. The first-order valence-corrected chi connectivity index (χ1v) is 7.17. The fourth-order valence-corrected chi connectivity index (χ4v) is 2.86. The number of hydrogen-bond donors (Lipinski definition) is 1. The van der Waals surface area contributed by atoms with Crippen LogP contribution in [-0.4, -0.2) is 18.8 Å². The lowest BCUT2D eigenvalue weighted by Crippen LogP contribution is -2.34. The summed E-state index contributed by atoms with van der Waals surface area (Å²) < 4.78 is 35.9. The SMILES string of the molecule is CC(C)CC1CCC(NCCCC(F)(F)F)CC1. The van der Waals surface area contributed by atoms with E-state index in [1.807, 2.05) is 0 Å². The third-order valence-corrected chi connectivity index (χ3v) is 3.72. The molecule has 0 unspecified atom stereocenters. The molecule has 4 heteroatoms. The van der Waals surface area contributed by atoms with Crippen molar-refractivity contribution in [1.82, 2.24) is 5.32 Å². The molecule has 1 N–H and O–H groups in total. The van der Waals surface area contributed by atoms with E-state index < -0.39 is 12.6 Å². The summed E-state index contributed by atoms with van der Waals surface area (Å²) in [4.78, 5) is 0. The van der Waals surface area contributed by atoms with Gasteiger partial charge in [-0.25, -0.2) is 0 Å². The van der Waals surface area contributed by atoms with Gasteiger partial charge >= 0.3 is 6.18 Å². The molecule has 0 radical (unpaired) electrons. The smallest absolute Gasteiger partial charge is 0.314 e. The van der Waals surface area contributed by atoms with Crippen LogP contribution in [0.1, 0.15) is 58.8 Å². The number of hydrogen-bond acceptors (Lipinski definition) is 1. The summed E-state index contributed by atoms with van der Waals surface area (Å²) in [5.41, 5.74) is 0. The molecule has 0 aromatic carbocycles. The van der Waals surface area contributed by atoms with Crippen molar-refractivity contribution in [3.05, 3.63) is 0 Å². The molecule has 0 aromatic heterocycles. The molecule has 18 heavy (non-hydrogen) atoms. The first kappa shape index (κ1) is 15.8. The van der Waals surface area contributed by atoms with Crippen molar-refractivity contribution < 1.29 is 13.2 Å². The highest BCUT2D eigenvalue weighted by atomic mass is 19.4. The van der Waals surface area contributed by atoms with Crippen LogP contribution < -0.4 is 5.32 Å². The molecule has 1 rings (SSSR count). The molecule has 0 aliphatic heterocycles. The highest BCUT2D eigenvalue weighted by molar-refractivity contribution is 4.77. The van der Waals surface area contributed by atoms with Crippen molar-refractivity contribution in [2.24, 2.45) is 11.8 Å². The lowest BCUT2D eigenvalue weighted by molar-refractivity contribution is -0.135.